The van der Waals surface area contributed by atoms with Gasteiger partial charge in [0, 0.05) is 22.9 Å². The van der Waals surface area contributed by atoms with Crippen molar-refractivity contribution in [2.45, 2.75) is 23.5 Å². The lowest BCUT2D eigenvalue weighted by Gasteiger charge is -2.19. The Balaban J connectivity index is 1.84. The predicted octanol–water partition coefficient (Wildman–Crippen LogP) is 3.22. The zero-order valence-electron chi connectivity index (χ0n) is 14.2. The number of alkyl halides is 3. The van der Waals surface area contributed by atoms with E-state index in [9.17, 15) is 26.4 Å². The molecule has 150 valence electrons. The number of carbonyl (C=O) groups excluding carboxylic acids is 1. The first-order valence-electron chi connectivity index (χ1n) is 8.04. The van der Waals surface area contributed by atoms with Gasteiger partial charge in [-0.15, -0.1) is 0 Å². The molecule has 6 nitrogen and oxygen atoms in total. The van der Waals surface area contributed by atoms with E-state index < -0.39 is 32.7 Å². The van der Waals surface area contributed by atoms with Crippen LogP contribution in [0.2, 0.25) is 5.02 Å². The number of amides is 1. The third-order valence-corrected chi connectivity index (χ3v) is 5.50. The summed E-state index contributed by atoms with van der Waals surface area (Å²) >= 11 is 5.83. The number of primary sulfonamides is 1. The lowest BCUT2D eigenvalue weighted by atomic mass is 10.1. The second kappa shape index (κ2) is 7.26. The molecule has 1 aliphatic heterocycles. The zero-order chi connectivity index (χ0) is 20.7. The van der Waals surface area contributed by atoms with Gasteiger partial charge in [-0.2, -0.15) is 13.2 Å². The number of benzene rings is 2. The fourth-order valence-electron chi connectivity index (χ4n) is 2.98. The number of anilines is 2. The van der Waals surface area contributed by atoms with Crippen molar-refractivity contribution in [3.8, 4) is 0 Å². The van der Waals surface area contributed by atoms with Crippen LogP contribution >= 0.6 is 11.6 Å². The molecule has 3 N–H and O–H groups in total. The summed E-state index contributed by atoms with van der Waals surface area (Å²) in [5.74, 6) is -0.314. The maximum Gasteiger partial charge on any atom is 0.417 e. The first-order valence-corrected chi connectivity index (χ1v) is 9.97. The van der Waals surface area contributed by atoms with E-state index in [1.165, 1.54) is 4.90 Å². The molecule has 1 amide bonds. The van der Waals surface area contributed by atoms with Crippen LogP contribution in [-0.4, -0.2) is 26.9 Å². The van der Waals surface area contributed by atoms with Crippen LogP contribution < -0.4 is 15.4 Å². The highest BCUT2D eigenvalue weighted by Gasteiger charge is 2.37. The number of hydrogen-bond acceptors (Lipinski definition) is 4. The van der Waals surface area contributed by atoms with Crippen molar-refractivity contribution in [2.75, 3.05) is 16.8 Å². The molecule has 1 saturated heterocycles. The first-order chi connectivity index (χ1) is 13.0. The number of rotatable bonds is 4. The Morgan fingerprint density at radius 1 is 1.14 bits per heavy atom. The van der Waals surface area contributed by atoms with E-state index in [-0.39, 0.29) is 11.6 Å². The number of sulfonamides is 1. The largest absolute Gasteiger partial charge is 0.417 e. The van der Waals surface area contributed by atoms with E-state index in [0.717, 1.165) is 12.1 Å². The molecular weight excluding hydrogens is 419 g/mol. The minimum Gasteiger partial charge on any atom is -0.374 e. The topological polar surface area (TPSA) is 92.5 Å². The van der Waals surface area contributed by atoms with Gasteiger partial charge in [-0.3, -0.25) is 4.79 Å². The van der Waals surface area contributed by atoms with Gasteiger partial charge in [0.05, 0.1) is 10.5 Å². The second-order valence-electron chi connectivity index (χ2n) is 6.21. The van der Waals surface area contributed by atoms with Gasteiger partial charge in [0.2, 0.25) is 15.9 Å². The molecular formula is C17H15ClF3N3O3S. The number of carbonyl (C=O) groups is 1. The lowest BCUT2D eigenvalue weighted by Crippen LogP contribution is -2.33. The summed E-state index contributed by atoms with van der Waals surface area (Å²) in [6.07, 6.45) is -4.56. The number of nitrogens with one attached hydrogen (secondary N) is 1. The van der Waals surface area contributed by atoms with Gasteiger partial charge >= 0.3 is 6.18 Å². The normalized spacial score (nSPS) is 17.8. The van der Waals surface area contributed by atoms with Crippen LogP contribution in [0.1, 0.15) is 12.0 Å². The quantitative estimate of drug-likeness (QED) is 0.774. The third-order valence-electron chi connectivity index (χ3n) is 4.28. The summed E-state index contributed by atoms with van der Waals surface area (Å²) < 4.78 is 62.5. The van der Waals surface area contributed by atoms with Crippen molar-refractivity contribution in [1.29, 1.82) is 0 Å². The van der Waals surface area contributed by atoms with E-state index in [1.807, 2.05) is 0 Å². The van der Waals surface area contributed by atoms with E-state index in [0.29, 0.717) is 29.7 Å². The van der Waals surface area contributed by atoms with Crippen LogP contribution in [0, 0.1) is 0 Å². The monoisotopic (exact) mass is 433 g/mol. The molecule has 0 bridgehead atoms. The molecule has 0 aromatic heterocycles. The van der Waals surface area contributed by atoms with Gasteiger partial charge in [-0.05, 0) is 48.9 Å². The van der Waals surface area contributed by atoms with E-state index >= 15 is 0 Å². The number of halogens is 4. The molecule has 1 fully saturated rings. The van der Waals surface area contributed by atoms with Crippen molar-refractivity contribution < 1.29 is 26.4 Å². The predicted molar refractivity (Wildman–Crippen MR) is 98.6 cm³/mol. The Bertz CT molecular complexity index is 1010. The van der Waals surface area contributed by atoms with Crippen LogP contribution in [0.5, 0.6) is 0 Å². The second-order valence-corrected chi connectivity index (χ2v) is 8.17. The van der Waals surface area contributed by atoms with Gasteiger partial charge in [-0.1, -0.05) is 11.6 Å². The fourth-order valence-corrected chi connectivity index (χ4v) is 3.85. The Kier molecular flexibility index (Phi) is 5.30. The highest BCUT2D eigenvalue weighted by Crippen LogP contribution is 2.36. The van der Waals surface area contributed by atoms with Crippen molar-refractivity contribution >= 4 is 38.9 Å². The molecule has 11 heteroatoms. The van der Waals surface area contributed by atoms with Crippen LogP contribution in [0.3, 0.4) is 0 Å². The summed E-state index contributed by atoms with van der Waals surface area (Å²) in [4.78, 5) is 13.1. The molecule has 1 atom stereocenters. The molecule has 28 heavy (non-hydrogen) atoms. The Hall–Kier alpha value is -2.30. The van der Waals surface area contributed by atoms with E-state index in [2.05, 4.69) is 5.32 Å². The van der Waals surface area contributed by atoms with Gasteiger partial charge in [0.15, 0.2) is 0 Å². The average Bonchev–Trinajstić information content (AvgIpc) is 2.95. The smallest absolute Gasteiger partial charge is 0.374 e. The summed E-state index contributed by atoms with van der Waals surface area (Å²) in [6.45, 7) is 0.375. The zero-order valence-corrected chi connectivity index (χ0v) is 15.8. The van der Waals surface area contributed by atoms with Gasteiger partial charge < -0.3 is 10.2 Å². The molecule has 0 radical (unpaired) electrons. The molecule has 1 unspecified atom stereocenters. The van der Waals surface area contributed by atoms with Crippen LogP contribution in [0.4, 0.5) is 24.5 Å². The summed E-state index contributed by atoms with van der Waals surface area (Å²) in [7, 11) is -4.55. The fraction of sp³-hybridized carbons (Fsp3) is 0.235. The molecule has 1 heterocycles. The summed E-state index contributed by atoms with van der Waals surface area (Å²) in [6, 6.07) is 8.41. The Morgan fingerprint density at radius 2 is 1.79 bits per heavy atom. The number of hydrogen-bond donors (Lipinski definition) is 2. The van der Waals surface area contributed by atoms with E-state index in [1.54, 1.807) is 24.3 Å². The Morgan fingerprint density at radius 3 is 2.36 bits per heavy atom. The number of nitrogens with zero attached hydrogens (tertiary/aromatic N) is 1. The lowest BCUT2D eigenvalue weighted by molar-refractivity contribution is -0.139. The molecule has 3 rings (SSSR count). The molecule has 2 aromatic rings. The van der Waals surface area contributed by atoms with Crippen LogP contribution in [0.15, 0.2) is 47.4 Å². The van der Waals surface area contributed by atoms with Gasteiger partial charge in [0.25, 0.3) is 0 Å². The highest BCUT2D eigenvalue weighted by molar-refractivity contribution is 7.89. The minimum atomic E-state index is -4.92. The van der Waals surface area contributed by atoms with Crippen LogP contribution in [0.25, 0.3) is 0 Å². The molecule has 2 aromatic carbocycles. The minimum absolute atomic E-state index is 0.0315. The Labute approximate surface area is 164 Å². The molecule has 1 aliphatic rings. The maximum absolute atomic E-state index is 13.2. The molecule has 0 aliphatic carbocycles. The maximum atomic E-state index is 13.2. The molecule has 0 saturated carbocycles. The van der Waals surface area contributed by atoms with Crippen LogP contribution in [-0.2, 0) is 21.0 Å². The summed E-state index contributed by atoms with van der Waals surface area (Å²) in [5, 5.41) is 8.12. The van der Waals surface area contributed by atoms with Crippen molar-refractivity contribution in [3.63, 3.8) is 0 Å². The van der Waals surface area contributed by atoms with Crippen molar-refractivity contribution in [3.05, 3.63) is 53.1 Å². The third kappa shape index (κ3) is 4.23. The van der Waals surface area contributed by atoms with E-state index in [4.69, 9.17) is 16.7 Å². The molecule has 0 spiro atoms. The first kappa shape index (κ1) is 20.4. The SMILES string of the molecule is NS(=O)(=O)c1ccc(NC2CCN(c3ccc(Cl)cc3)C2=O)cc1C(F)(F)F. The highest BCUT2D eigenvalue weighted by atomic mass is 35.5. The van der Waals surface area contributed by atoms with Crippen molar-refractivity contribution in [2.24, 2.45) is 5.14 Å². The van der Waals surface area contributed by atoms with Crippen molar-refractivity contribution in [1.82, 2.24) is 0 Å². The average molecular weight is 434 g/mol. The summed E-state index contributed by atoms with van der Waals surface area (Å²) in [5.41, 5.74) is -0.796. The van der Waals surface area contributed by atoms with Gasteiger partial charge in [0.1, 0.15) is 6.04 Å². The van der Waals surface area contributed by atoms with Gasteiger partial charge in [-0.25, -0.2) is 13.6 Å². The number of nitrogens with two attached hydrogens (primary N) is 1. The standard InChI is InChI=1S/C17H15ClF3N3O3S/c18-10-1-4-12(5-2-10)24-8-7-14(16(24)25)23-11-3-6-15(28(22,26)27)13(9-11)17(19,20)21/h1-6,9,14,23H,7-8H2,(H2,22,26,27).